The molecule has 0 fully saturated rings. The van der Waals surface area contributed by atoms with Gasteiger partial charge in [-0.05, 0) is 18.4 Å². The maximum absolute atomic E-state index is 12.2. The fourth-order valence-electron chi connectivity index (χ4n) is 2.12. The van der Waals surface area contributed by atoms with Crippen molar-refractivity contribution in [3.05, 3.63) is 35.9 Å². The number of amides is 1. The number of rotatable bonds is 7. The van der Waals surface area contributed by atoms with E-state index in [0.717, 1.165) is 5.56 Å². The Morgan fingerprint density at radius 3 is 2.37 bits per heavy atom. The van der Waals surface area contributed by atoms with Gasteiger partial charge in [-0.2, -0.15) is 0 Å². The van der Waals surface area contributed by atoms with E-state index in [2.05, 4.69) is 5.32 Å². The van der Waals surface area contributed by atoms with Gasteiger partial charge in [0.25, 0.3) is 0 Å². The molecule has 0 saturated heterocycles. The molecule has 0 aliphatic heterocycles. The maximum atomic E-state index is 12.2. The molecule has 0 aliphatic carbocycles. The molecule has 4 heteroatoms. The van der Waals surface area contributed by atoms with Gasteiger partial charge < -0.3 is 16.2 Å². The van der Waals surface area contributed by atoms with Crippen LogP contribution in [0, 0.1) is 5.41 Å². The smallest absolute Gasteiger partial charge is 0.227 e. The molecular weight excluding hydrogens is 240 g/mol. The highest BCUT2D eigenvalue weighted by atomic mass is 16.3. The molecule has 0 aromatic heterocycles. The predicted octanol–water partition coefficient (Wildman–Crippen LogP) is 1.60. The highest BCUT2D eigenvalue weighted by molar-refractivity contribution is 5.82. The Labute approximate surface area is 115 Å². The average Bonchev–Trinajstić information content (AvgIpc) is 2.48. The van der Waals surface area contributed by atoms with Crippen molar-refractivity contribution in [2.24, 2.45) is 11.1 Å². The molecule has 1 rings (SSSR count). The standard InChI is InChI=1S/C15H24N2O2/c1-3-15(4-2,11-16)14(19)17-10-13(18)12-8-6-5-7-9-12/h5-9,13,18H,3-4,10-11,16H2,1-2H3,(H,17,19). The Morgan fingerprint density at radius 2 is 1.89 bits per heavy atom. The van der Waals surface area contributed by atoms with Gasteiger partial charge in [-0.1, -0.05) is 44.2 Å². The van der Waals surface area contributed by atoms with Crippen molar-refractivity contribution in [3.63, 3.8) is 0 Å². The van der Waals surface area contributed by atoms with E-state index in [1.54, 1.807) is 0 Å². The third-order valence-electron chi connectivity index (χ3n) is 3.87. The third kappa shape index (κ3) is 3.78. The Morgan fingerprint density at radius 1 is 1.32 bits per heavy atom. The second kappa shape index (κ2) is 7.26. The highest BCUT2D eigenvalue weighted by Gasteiger charge is 2.33. The van der Waals surface area contributed by atoms with E-state index in [1.165, 1.54) is 0 Å². The summed E-state index contributed by atoms with van der Waals surface area (Å²) >= 11 is 0. The molecule has 1 unspecified atom stereocenters. The van der Waals surface area contributed by atoms with Crippen LogP contribution in [0.15, 0.2) is 30.3 Å². The Bertz CT molecular complexity index is 380. The van der Waals surface area contributed by atoms with Crippen molar-refractivity contribution in [3.8, 4) is 0 Å². The molecule has 1 aromatic rings. The fourth-order valence-corrected chi connectivity index (χ4v) is 2.12. The minimum Gasteiger partial charge on any atom is -0.387 e. The maximum Gasteiger partial charge on any atom is 0.227 e. The number of nitrogens with two attached hydrogens (primary N) is 1. The monoisotopic (exact) mass is 264 g/mol. The lowest BCUT2D eigenvalue weighted by atomic mass is 9.81. The van der Waals surface area contributed by atoms with E-state index in [1.807, 2.05) is 44.2 Å². The van der Waals surface area contributed by atoms with Crippen LogP contribution in [0.25, 0.3) is 0 Å². The molecule has 0 heterocycles. The first kappa shape index (κ1) is 15.7. The number of aliphatic hydroxyl groups excluding tert-OH is 1. The largest absolute Gasteiger partial charge is 0.387 e. The second-order valence-corrected chi connectivity index (χ2v) is 4.83. The van der Waals surface area contributed by atoms with Gasteiger partial charge in [0.2, 0.25) is 5.91 Å². The molecule has 0 saturated carbocycles. The number of carbonyl (C=O) groups is 1. The highest BCUT2D eigenvalue weighted by Crippen LogP contribution is 2.25. The summed E-state index contributed by atoms with van der Waals surface area (Å²) in [6.07, 6.45) is 0.718. The van der Waals surface area contributed by atoms with Crippen LogP contribution < -0.4 is 11.1 Å². The SMILES string of the molecule is CCC(CC)(CN)C(=O)NCC(O)c1ccccc1. The van der Waals surface area contributed by atoms with Crippen LogP contribution in [0.2, 0.25) is 0 Å². The predicted molar refractivity (Wildman–Crippen MR) is 76.5 cm³/mol. The lowest BCUT2D eigenvalue weighted by Crippen LogP contribution is -2.46. The molecule has 4 N–H and O–H groups in total. The van der Waals surface area contributed by atoms with Gasteiger partial charge in [0.05, 0.1) is 11.5 Å². The topological polar surface area (TPSA) is 75.4 Å². The second-order valence-electron chi connectivity index (χ2n) is 4.83. The van der Waals surface area contributed by atoms with Crippen molar-refractivity contribution in [2.75, 3.05) is 13.1 Å². The van der Waals surface area contributed by atoms with E-state index in [-0.39, 0.29) is 12.5 Å². The van der Waals surface area contributed by atoms with Crippen LogP contribution in [-0.2, 0) is 4.79 Å². The van der Waals surface area contributed by atoms with Crippen molar-refractivity contribution in [2.45, 2.75) is 32.8 Å². The summed E-state index contributed by atoms with van der Waals surface area (Å²) in [5.41, 5.74) is 6.01. The lowest BCUT2D eigenvalue weighted by Gasteiger charge is -2.29. The Balaban J connectivity index is 2.59. The van der Waals surface area contributed by atoms with E-state index in [9.17, 15) is 9.90 Å². The van der Waals surface area contributed by atoms with Crippen molar-refractivity contribution >= 4 is 5.91 Å². The Kier molecular flexibility index (Phi) is 5.99. The summed E-state index contributed by atoms with van der Waals surface area (Å²) in [6.45, 7) is 4.46. The first-order valence-electron chi connectivity index (χ1n) is 6.81. The molecule has 19 heavy (non-hydrogen) atoms. The lowest BCUT2D eigenvalue weighted by molar-refractivity contribution is -0.131. The fraction of sp³-hybridized carbons (Fsp3) is 0.533. The molecule has 0 bridgehead atoms. The molecule has 4 nitrogen and oxygen atoms in total. The Hall–Kier alpha value is -1.39. The van der Waals surface area contributed by atoms with Gasteiger partial charge >= 0.3 is 0 Å². The number of carbonyl (C=O) groups excluding carboxylic acids is 1. The van der Waals surface area contributed by atoms with Crippen LogP contribution in [0.3, 0.4) is 0 Å². The van der Waals surface area contributed by atoms with E-state index >= 15 is 0 Å². The van der Waals surface area contributed by atoms with Crippen LogP contribution in [-0.4, -0.2) is 24.1 Å². The summed E-state index contributed by atoms with van der Waals surface area (Å²) in [5, 5.41) is 12.8. The van der Waals surface area contributed by atoms with Crippen molar-refractivity contribution < 1.29 is 9.90 Å². The van der Waals surface area contributed by atoms with Crippen LogP contribution in [0.1, 0.15) is 38.4 Å². The number of hydrogen-bond donors (Lipinski definition) is 3. The molecule has 1 atom stereocenters. The summed E-state index contributed by atoms with van der Waals surface area (Å²) in [7, 11) is 0. The van der Waals surface area contributed by atoms with Crippen molar-refractivity contribution in [1.82, 2.24) is 5.32 Å². The molecule has 0 aliphatic rings. The van der Waals surface area contributed by atoms with Gasteiger partial charge in [-0.15, -0.1) is 0 Å². The molecular formula is C15H24N2O2. The van der Waals surface area contributed by atoms with Gasteiger partial charge in [0.1, 0.15) is 0 Å². The molecule has 1 aromatic carbocycles. The molecule has 1 amide bonds. The van der Waals surface area contributed by atoms with Crippen LogP contribution in [0.5, 0.6) is 0 Å². The summed E-state index contributed by atoms with van der Waals surface area (Å²) < 4.78 is 0. The average molecular weight is 264 g/mol. The first-order valence-corrected chi connectivity index (χ1v) is 6.81. The van der Waals surface area contributed by atoms with E-state index in [0.29, 0.717) is 19.4 Å². The van der Waals surface area contributed by atoms with Crippen LogP contribution in [0.4, 0.5) is 0 Å². The van der Waals surface area contributed by atoms with E-state index in [4.69, 9.17) is 5.73 Å². The minimum atomic E-state index is -0.686. The summed E-state index contributed by atoms with van der Waals surface area (Å²) in [6, 6.07) is 9.30. The zero-order chi connectivity index (χ0) is 14.3. The quantitative estimate of drug-likeness (QED) is 0.700. The number of benzene rings is 1. The van der Waals surface area contributed by atoms with E-state index < -0.39 is 11.5 Å². The van der Waals surface area contributed by atoms with Gasteiger partial charge in [0.15, 0.2) is 0 Å². The number of hydrogen-bond acceptors (Lipinski definition) is 3. The number of aliphatic hydroxyl groups is 1. The van der Waals surface area contributed by atoms with Gasteiger partial charge in [-0.25, -0.2) is 0 Å². The van der Waals surface area contributed by atoms with Gasteiger partial charge in [0, 0.05) is 13.1 Å². The van der Waals surface area contributed by atoms with Crippen LogP contribution >= 0.6 is 0 Å². The molecule has 0 radical (unpaired) electrons. The summed E-state index contributed by atoms with van der Waals surface area (Å²) in [5.74, 6) is -0.0741. The minimum absolute atomic E-state index is 0.0741. The third-order valence-corrected chi connectivity index (χ3v) is 3.87. The van der Waals surface area contributed by atoms with Gasteiger partial charge in [-0.3, -0.25) is 4.79 Å². The number of nitrogens with one attached hydrogen (secondary N) is 1. The summed E-state index contributed by atoms with van der Waals surface area (Å²) in [4.78, 5) is 12.2. The zero-order valence-corrected chi connectivity index (χ0v) is 11.7. The first-order chi connectivity index (χ1) is 9.09. The molecule has 106 valence electrons. The normalized spacial score (nSPS) is 13.1. The molecule has 0 spiro atoms. The van der Waals surface area contributed by atoms with Crippen molar-refractivity contribution in [1.29, 1.82) is 0 Å². The zero-order valence-electron chi connectivity index (χ0n) is 11.7.